The molecule has 17 heavy (non-hydrogen) atoms. The van der Waals surface area contributed by atoms with Crippen LogP contribution in [0.2, 0.25) is 0 Å². The van der Waals surface area contributed by atoms with E-state index in [2.05, 4.69) is 9.47 Å². The highest BCUT2D eigenvalue weighted by Crippen LogP contribution is 2.78. The van der Waals surface area contributed by atoms with Crippen molar-refractivity contribution in [3.05, 3.63) is 0 Å². The Bertz CT molecular complexity index is 358. The number of ether oxygens (including phenoxy) is 2. The molecule has 0 aliphatic carbocycles. The fraction of sp³-hybridized carbons (Fsp3) is 0.750. The lowest BCUT2D eigenvalue weighted by atomic mass is 10.3. The van der Waals surface area contributed by atoms with Crippen molar-refractivity contribution in [1.29, 1.82) is 0 Å². The van der Waals surface area contributed by atoms with Crippen LogP contribution in [0.5, 0.6) is 0 Å². The Morgan fingerprint density at radius 1 is 1.06 bits per heavy atom. The molecule has 98 valence electrons. The minimum absolute atomic E-state index is 0.499. The number of halogens is 1. The lowest BCUT2D eigenvalue weighted by Crippen LogP contribution is -2.35. The van der Waals surface area contributed by atoms with E-state index in [0.717, 1.165) is 0 Å². The molecule has 0 bridgehead atoms. The van der Waals surface area contributed by atoms with Crippen molar-refractivity contribution in [2.45, 2.75) is 25.9 Å². The predicted octanol–water partition coefficient (Wildman–Crippen LogP) is 1.19. The lowest BCUT2D eigenvalue weighted by Gasteiger charge is -2.12. The third-order valence-electron chi connectivity index (χ3n) is 2.46. The van der Waals surface area contributed by atoms with E-state index in [-0.39, 0.29) is 0 Å². The van der Waals surface area contributed by atoms with Gasteiger partial charge in [0.2, 0.25) is 0 Å². The number of methoxy groups -OCH3 is 2. The number of esters is 2. The van der Waals surface area contributed by atoms with E-state index in [1.165, 1.54) is 23.8 Å². The predicted molar refractivity (Wildman–Crippen MR) is 68.3 cm³/mol. The van der Waals surface area contributed by atoms with Crippen molar-refractivity contribution in [2.24, 2.45) is 0 Å². The summed E-state index contributed by atoms with van der Waals surface area (Å²) in [6, 6.07) is -1.37. The van der Waals surface area contributed by atoms with Crippen LogP contribution in [0.1, 0.15) is 13.8 Å². The van der Waals surface area contributed by atoms with Gasteiger partial charge in [-0.05, 0) is 13.8 Å². The molecule has 0 amide bonds. The normalized spacial score (nSPS) is 34.6. The zero-order chi connectivity index (χ0) is 13.4. The van der Waals surface area contributed by atoms with E-state index in [1.807, 2.05) is 0 Å². The van der Waals surface area contributed by atoms with Crippen molar-refractivity contribution in [3.8, 4) is 0 Å². The minimum atomic E-state index is -2.82. The molecule has 1 rings (SSSR count). The number of hydrogen-bond donors (Lipinski definition) is 0. The summed E-state index contributed by atoms with van der Waals surface area (Å²) in [5, 5.41) is -2.82. The Morgan fingerprint density at radius 3 is 1.59 bits per heavy atom. The van der Waals surface area contributed by atoms with Gasteiger partial charge in [-0.2, -0.15) is 0 Å². The average Bonchev–Trinajstić information content (AvgIpc) is 2.87. The zero-order valence-electron chi connectivity index (χ0n) is 9.92. The summed E-state index contributed by atoms with van der Waals surface area (Å²) in [5.74, 6) is -0.997. The Labute approximate surface area is 112 Å². The molecule has 1 heterocycles. The average molecular weight is 376 g/mol. The summed E-state index contributed by atoms with van der Waals surface area (Å²) >= 11 is 1.73. The van der Waals surface area contributed by atoms with Crippen LogP contribution in [0.15, 0.2) is 0 Å². The van der Waals surface area contributed by atoms with E-state index >= 15 is 0 Å². The molecule has 0 aromatic heterocycles. The van der Waals surface area contributed by atoms with Crippen molar-refractivity contribution < 1.29 is 23.6 Å². The third kappa shape index (κ3) is 2.64. The SMILES string of the molecule is COC(=O)[C@H](C)N1N([C@@H](C)C(=O)OC)P1(=O)I. The highest BCUT2D eigenvalue weighted by Gasteiger charge is 2.63. The van der Waals surface area contributed by atoms with Crippen LogP contribution < -0.4 is 0 Å². The molecular formula is C8H14IN2O5P. The fourth-order valence-corrected chi connectivity index (χ4v) is 7.11. The van der Waals surface area contributed by atoms with Gasteiger partial charge in [-0.15, -0.1) is 9.56 Å². The molecule has 2 unspecified atom stereocenters. The number of hydrogen-bond acceptors (Lipinski definition) is 5. The Morgan fingerprint density at radius 2 is 1.35 bits per heavy atom. The molecule has 0 aromatic carbocycles. The summed E-state index contributed by atoms with van der Waals surface area (Å²) < 4.78 is 24.0. The van der Waals surface area contributed by atoms with E-state index in [9.17, 15) is 14.2 Å². The van der Waals surface area contributed by atoms with Gasteiger partial charge >= 0.3 is 17.0 Å². The van der Waals surface area contributed by atoms with Gasteiger partial charge in [0.05, 0.1) is 14.2 Å². The van der Waals surface area contributed by atoms with Gasteiger partial charge in [0.15, 0.2) is 0 Å². The number of carbonyl (C=O) groups is 2. The number of rotatable bonds is 4. The smallest absolute Gasteiger partial charge is 0.324 e. The first-order valence-corrected chi connectivity index (χ1v) is 9.23. The maximum absolute atomic E-state index is 12.1. The van der Waals surface area contributed by atoms with Crippen molar-refractivity contribution in [1.82, 2.24) is 9.56 Å². The van der Waals surface area contributed by atoms with Crippen molar-refractivity contribution in [2.75, 3.05) is 14.2 Å². The van der Waals surface area contributed by atoms with E-state index < -0.39 is 29.1 Å². The molecule has 7 nitrogen and oxygen atoms in total. The van der Waals surface area contributed by atoms with Gasteiger partial charge in [-0.25, -0.2) is 0 Å². The molecule has 0 N–H and O–H groups in total. The highest BCUT2D eigenvalue weighted by atomic mass is 127. The van der Waals surface area contributed by atoms with Gasteiger partial charge in [0.1, 0.15) is 12.1 Å². The van der Waals surface area contributed by atoms with Crippen molar-refractivity contribution in [3.63, 3.8) is 0 Å². The first-order chi connectivity index (χ1) is 7.78. The molecule has 0 aromatic rings. The molecular weight excluding hydrogens is 362 g/mol. The molecule has 1 aliphatic rings. The largest absolute Gasteiger partial charge is 0.468 e. The summed E-state index contributed by atoms with van der Waals surface area (Å²) in [6.07, 6.45) is 0. The van der Waals surface area contributed by atoms with Crippen molar-refractivity contribution >= 4 is 39.1 Å². The molecule has 0 radical (unpaired) electrons. The minimum Gasteiger partial charge on any atom is -0.468 e. The van der Waals surface area contributed by atoms with Crippen LogP contribution >= 0.6 is 27.1 Å². The Balaban J connectivity index is 2.81. The second-order valence-electron chi connectivity index (χ2n) is 3.51. The summed E-state index contributed by atoms with van der Waals surface area (Å²) in [4.78, 5) is 22.7. The standard InChI is InChI=1S/C8H14IN2O5P/c1-5(7(12)15-3)10-11(17(10,9)14)6(2)8(13)16-4/h5-6H,1-4H3/t5-,6-,10?,11?,17?/m0/s1. The second kappa shape index (κ2) is 5.21. The van der Waals surface area contributed by atoms with Crippen LogP contribution in [-0.4, -0.2) is 47.8 Å². The summed E-state index contributed by atoms with van der Waals surface area (Å²) in [6.45, 7) is 3.14. The molecule has 9 heteroatoms. The first-order valence-electron chi connectivity index (χ1n) is 4.83. The highest BCUT2D eigenvalue weighted by molar-refractivity contribution is 14.2. The fourth-order valence-electron chi connectivity index (χ4n) is 1.50. The van der Waals surface area contributed by atoms with Gasteiger partial charge in [0, 0.05) is 22.0 Å². The van der Waals surface area contributed by atoms with Crippen LogP contribution in [0.4, 0.5) is 0 Å². The molecule has 1 saturated heterocycles. The zero-order valence-corrected chi connectivity index (χ0v) is 13.0. The Kier molecular flexibility index (Phi) is 4.56. The molecule has 1 fully saturated rings. The van der Waals surface area contributed by atoms with Crippen LogP contribution in [-0.2, 0) is 23.6 Å². The number of nitrogens with zero attached hydrogens (tertiary/aromatic N) is 2. The van der Waals surface area contributed by atoms with E-state index in [4.69, 9.17) is 0 Å². The maximum atomic E-state index is 12.1. The van der Waals surface area contributed by atoms with Crippen LogP contribution in [0.25, 0.3) is 0 Å². The van der Waals surface area contributed by atoms with Gasteiger partial charge in [-0.3, -0.25) is 14.2 Å². The molecule has 0 spiro atoms. The van der Waals surface area contributed by atoms with Gasteiger partial charge < -0.3 is 9.47 Å². The van der Waals surface area contributed by atoms with Gasteiger partial charge in [0.25, 0.3) is 0 Å². The van der Waals surface area contributed by atoms with Crippen LogP contribution in [0.3, 0.4) is 0 Å². The quantitative estimate of drug-likeness (QED) is 0.316. The lowest BCUT2D eigenvalue weighted by molar-refractivity contribution is -0.149. The van der Waals surface area contributed by atoms with Gasteiger partial charge in [-0.1, -0.05) is 0 Å². The third-order valence-corrected chi connectivity index (χ3v) is 7.04. The molecule has 4 atom stereocenters. The monoisotopic (exact) mass is 376 g/mol. The van der Waals surface area contributed by atoms with E-state index in [0.29, 0.717) is 0 Å². The first kappa shape index (κ1) is 14.9. The number of hydrazine groups is 1. The Hall–Kier alpha value is -0.180. The second-order valence-corrected chi connectivity index (χ2v) is 9.05. The molecule has 1 aliphatic heterocycles. The molecule has 0 saturated carbocycles. The van der Waals surface area contributed by atoms with E-state index in [1.54, 1.807) is 35.9 Å². The maximum Gasteiger partial charge on any atom is 0.324 e. The number of carbonyl (C=O) groups excluding carboxylic acids is 2. The summed E-state index contributed by atoms with van der Waals surface area (Å²) in [5.41, 5.74) is 0. The summed E-state index contributed by atoms with van der Waals surface area (Å²) in [7, 11) is 2.52. The topological polar surface area (TPSA) is 75.7 Å². The van der Waals surface area contributed by atoms with Crippen LogP contribution in [0, 0.1) is 0 Å².